The second-order valence-corrected chi connectivity index (χ2v) is 9.66. The average molecular weight is 495 g/mol. The summed E-state index contributed by atoms with van der Waals surface area (Å²) in [5.41, 5.74) is 2.37. The van der Waals surface area contributed by atoms with Crippen LogP contribution in [0.25, 0.3) is 5.78 Å². The van der Waals surface area contributed by atoms with Crippen molar-refractivity contribution >= 4 is 33.1 Å². The molecule has 0 radical (unpaired) electrons. The fourth-order valence-corrected chi connectivity index (χ4v) is 4.67. The molecule has 3 heterocycles. The van der Waals surface area contributed by atoms with Crippen LogP contribution in [0.3, 0.4) is 0 Å². The van der Waals surface area contributed by atoms with Gasteiger partial charge in [0.05, 0.1) is 18.1 Å². The number of aryl methyl sites for hydroxylation is 2. The molecular weight excluding hydrogens is 472 g/mol. The summed E-state index contributed by atoms with van der Waals surface area (Å²) in [4.78, 5) is 21.1. The van der Waals surface area contributed by atoms with Crippen molar-refractivity contribution in [3.8, 4) is 11.5 Å². The van der Waals surface area contributed by atoms with Gasteiger partial charge in [0.1, 0.15) is 0 Å². The van der Waals surface area contributed by atoms with Crippen LogP contribution in [0.15, 0.2) is 53.4 Å². The summed E-state index contributed by atoms with van der Waals surface area (Å²) in [5.74, 6) is 0.720. The Morgan fingerprint density at radius 1 is 0.943 bits per heavy atom. The molecule has 0 spiro atoms. The molecule has 0 atom stereocenters. The van der Waals surface area contributed by atoms with E-state index in [1.165, 1.54) is 16.6 Å². The summed E-state index contributed by atoms with van der Waals surface area (Å²) in [6.07, 6.45) is 0.724. The molecule has 0 aliphatic carbocycles. The van der Waals surface area contributed by atoms with E-state index >= 15 is 0 Å². The van der Waals surface area contributed by atoms with E-state index in [1.54, 1.807) is 30.3 Å². The van der Waals surface area contributed by atoms with Gasteiger partial charge in [-0.15, -0.1) is 5.10 Å². The van der Waals surface area contributed by atoms with E-state index in [1.807, 2.05) is 19.9 Å². The molecule has 5 rings (SSSR count). The van der Waals surface area contributed by atoms with Crippen LogP contribution in [0.1, 0.15) is 28.4 Å². The summed E-state index contributed by atoms with van der Waals surface area (Å²) in [5, 5.41) is 6.91. The number of anilines is 2. The number of amides is 1. The number of rotatable bonds is 5. The van der Waals surface area contributed by atoms with Crippen LogP contribution in [0.2, 0.25) is 0 Å². The van der Waals surface area contributed by atoms with Gasteiger partial charge in [-0.25, -0.2) is 17.9 Å². The smallest absolute Gasteiger partial charge is 0.295 e. The molecule has 0 saturated carbocycles. The van der Waals surface area contributed by atoms with Gasteiger partial charge in [-0.3, -0.25) is 9.52 Å². The Morgan fingerprint density at radius 2 is 1.66 bits per heavy atom. The van der Waals surface area contributed by atoms with E-state index in [-0.39, 0.29) is 10.7 Å². The number of hydrogen-bond acceptors (Lipinski definition) is 8. The second kappa shape index (κ2) is 8.87. The van der Waals surface area contributed by atoms with Gasteiger partial charge >= 0.3 is 0 Å². The number of carbonyl (C=O) groups excluding carboxylic acids is 1. The standard InChI is InChI=1S/C23H22N6O5S/c1-14-12-15(2)29-23(24-14)26-21(27-29)22(30)25-16-4-6-17(7-5-16)28-35(31,32)18-8-9-19-20(13-18)34-11-3-10-33-19/h4-9,12-13,28H,3,10-11H2,1-2H3,(H,25,30). The molecule has 12 heteroatoms. The van der Waals surface area contributed by atoms with Gasteiger partial charge < -0.3 is 14.8 Å². The second-order valence-electron chi connectivity index (χ2n) is 7.98. The molecule has 0 unspecified atom stereocenters. The zero-order valence-electron chi connectivity index (χ0n) is 19.0. The zero-order valence-corrected chi connectivity index (χ0v) is 19.8. The molecule has 2 N–H and O–H groups in total. The Balaban J connectivity index is 1.29. The van der Waals surface area contributed by atoms with Gasteiger partial charge in [0.25, 0.3) is 21.7 Å². The number of ether oxygens (including phenoxy) is 2. The number of aromatic nitrogens is 4. The lowest BCUT2D eigenvalue weighted by Gasteiger charge is -2.12. The number of fused-ring (bicyclic) bond motifs is 2. The van der Waals surface area contributed by atoms with Crippen molar-refractivity contribution in [1.82, 2.24) is 19.6 Å². The van der Waals surface area contributed by atoms with E-state index in [2.05, 4.69) is 25.1 Å². The first-order valence-corrected chi connectivity index (χ1v) is 12.3. The third-order valence-corrected chi connectivity index (χ3v) is 6.62. The Kier molecular flexibility index (Phi) is 5.73. The minimum absolute atomic E-state index is 0.0228. The maximum absolute atomic E-state index is 12.9. The molecule has 180 valence electrons. The lowest BCUT2D eigenvalue weighted by Crippen LogP contribution is -2.15. The predicted octanol–water partition coefficient (Wildman–Crippen LogP) is 2.96. The Morgan fingerprint density at radius 3 is 2.43 bits per heavy atom. The summed E-state index contributed by atoms with van der Waals surface area (Å²) in [6, 6.07) is 12.6. The van der Waals surface area contributed by atoms with E-state index in [9.17, 15) is 13.2 Å². The lowest BCUT2D eigenvalue weighted by atomic mass is 10.3. The zero-order chi connectivity index (χ0) is 24.6. The van der Waals surface area contributed by atoms with Crippen LogP contribution in [-0.4, -0.2) is 47.1 Å². The summed E-state index contributed by atoms with van der Waals surface area (Å²) in [6.45, 7) is 4.66. The van der Waals surface area contributed by atoms with Crippen LogP contribution in [0.4, 0.5) is 11.4 Å². The molecule has 0 saturated heterocycles. The SMILES string of the molecule is Cc1cc(C)n2nc(C(=O)Nc3ccc(NS(=O)(=O)c4ccc5c(c4)OCCCO5)cc3)nc2n1. The van der Waals surface area contributed by atoms with Gasteiger partial charge in [-0.2, -0.15) is 4.98 Å². The third-order valence-electron chi connectivity index (χ3n) is 5.25. The van der Waals surface area contributed by atoms with Crippen molar-refractivity contribution < 1.29 is 22.7 Å². The fourth-order valence-electron chi connectivity index (χ4n) is 3.60. The first kappa shape index (κ1) is 22.6. The summed E-state index contributed by atoms with van der Waals surface area (Å²) < 4.78 is 40.9. The predicted molar refractivity (Wildman–Crippen MR) is 128 cm³/mol. The van der Waals surface area contributed by atoms with Crippen LogP contribution < -0.4 is 19.5 Å². The number of sulfonamides is 1. The van der Waals surface area contributed by atoms with Crippen molar-refractivity contribution in [3.63, 3.8) is 0 Å². The Bertz CT molecular complexity index is 1530. The normalized spacial score (nSPS) is 13.3. The first-order chi connectivity index (χ1) is 16.8. The van der Waals surface area contributed by atoms with E-state index in [0.29, 0.717) is 41.9 Å². The van der Waals surface area contributed by atoms with Gasteiger partial charge in [0, 0.05) is 35.2 Å². The van der Waals surface area contributed by atoms with Crippen molar-refractivity contribution in [1.29, 1.82) is 0 Å². The van der Waals surface area contributed by atoms with E-state index < -0.39 is 15.9 Å². The Hall–Kier alpha value is -4.19. The maximum atomic E-state index is 12.9. The largest absolute Gasteiger partial charge is 0.490 e. The van der Waals surface area contributed by atoms with Gasteiger partial charge in [0.2, 0.25) is 5.82 Å². The van der Waals surface area contributed by atoms with Gasteiger partial charge in [-0.05, 0) is 56.3 Å². The highest BCUT2D eigenvalue weighted by atomic mass is 32.2. The van der Waals surface area contributed by atoms with Gasteiger partial charge in [0.15, 0.2) is 11.5 Å². The monoisotopic (exact) mass is 494 g/mol. The highest BCUT2D eigenvalue weighted by Gasteiger charge is 2.20. The lowest BCUT2D eigenvalue weighted by molar-refractivity contribution is 0.101. The molecule has 35 heavy (non-hydrogen) atoms. The maximum Gasteiger partial charge on any atom is 0.295 e. The van der Waals surface area contributed by atoms with E-state index in [0.717, 1.165) is 17.8 Å². The molecule has 2 aromatic carbocycles. The number of nitrogens with zero attached hydrogens (tertiary/aromatic N) is 4. The molecule has 0 bridgehead atoms. The number of hydrogen-bond donors (Lipinski definition) is 2. The van der Waals surface area contributed by atoms with E-state index in [4.69, 9.17) is 9.47 Å². The van der Waals surface area contributed by atoms with Crippen LogP contribution >= 0.6 is 0 Å². The van der Waals surface area contributed by atoms with Crippen molar-refractivity contribution in [3.05, 3.63) is 65.7 Å². The first-order valence-electron chi connectivity index (χ1n) is 10.8. The molecule has 1 aliphatic rings. The molecular formula is C23H22N6O5S. The number of carbonyl (C=O) groups is 1. The summed E-state index contributed by atoms with van der Waals surface area (Å²) >= 11 is 0. The van der Waals surface area contributed by atoms with Crippen LogP contribution in [-0.2, 0) is 10.0 Å². The van der Waals surface area contributed by atoms with Crippen molar-refractivity contribution in [2.45, 2.75) is 25.2 Å². The fraction of sp³-hybridized carbons (Fsp3) is 0.217. The molecule has 11 nitrogen and oxygen atoms in total. The quantitative estimate of drug-likeness (QED) is 0.432. The van der Waals surface area contributed by atoms with Crippen molar-refractivity contribution in [2.24, 2.45) is 0 Å². The number of nitrogens with one attached hydrogen (secondary N) is 2. The molecule has 2 aromatic heterocycles. The minimum atomic E-state index is -3.86. The minimum Gasteiger partial charge on any atom is -0.490 e. The summed E-state index contributed by atoms with van der Waals surface area (Å²) in [7, 11) is -3.86. The van der Waals surface area contributed by atoms with Crippen LogP contribution in [0.5, 0.6) is 11.5 Å². The molecule has 1 amide bonds. The highest BCUT2D eigenvalue weighted by Crippen LogP contribution is 2.32. The number of benzene rings is 2. The third kappa shape index (κ3) is 4.73. The molecule has 4 aromatic rings. The average Bonchev–Trinajstić information content (AvgIpc) is 3.11. The molecule has 1 aliphatic heterocycles. The Labute approximate surface area is 201 Å². The van der Waals surface area contributed by atoms with Crippen LogP contribution in [0, 0.1) is 13.8 Å². The van der Waals surface area contributed by atoms with Crippen molar-refractivity contribution in [2.75, 3.05) is 23.3 Å². The molecule has 0 fully saturated rings. The highest BCUT2D eigenvalue weighted by molar-refractivity contribution is 7.92. The topological polar surface area (TPSA) is 137 Å². The van der Waals surface area contributed by atoms with Gasteiger partial charge in [-0.1, -0.05) is 0 Å².